The third-order valence-corrected chi connectivity index (χ3v) is 2.67. The van der Waals surface area contributed by atoms with Gasteiger partial charge in [0.25, 0.3) is 0 Å². The van der Waals surface area contributed by atoms with Gasteiger partial charge in [-0.2, -0.15) is 0 Å². The molecule has 0 fully saturated rings. The molecule has 2 aromatic carbocycles. The average Bonchev–Trinajstić information content (AvgIpc) is 2.41. The van der Waals surface area contributed by atoms with Gasteiger partial charge in [-0.3, -0.25) is 4.79 Å². The largest absolute Gasteiger partial charge is 0.573 e. The number of Topliss-reactive ketones (excluding diaryl/α,β-unsaturated/α-hetero) is 1. The van der Waals surface area contributed by atoms with Crippen molar-refractivity contribution in [3.05, 3.63) is 54.1 Å². The highest BCUT2D eigenvalue weighted by Gasteiger charge is 2.30. The number of ether oxygens (including phenoxy) is 2. The first kappa shape index (κ1) is 15.9. The first-order valence-electron chi connectivity index (χ1n) is 6.44. The van der Waals surface area contributed by atoms with Gasteiger partial charge in [0.1, 0.15) is 23.0 Å². The zero-order valence-corrected chi connectivity index (χ0v) is 11.7. The molecule has 6 heteroatoms. The second-order valence-electron chi connectivity index (χ2n) is 4.64. The number of halogens is 3. The van der Waals surface area contributed by atoms with Gasteiger partial charge in [0.15, 0.2) is 0 Å². The highest BCUT2D eigenvalue weighted by molar-refractivity contribution is 5.78. The lowest BCUT2D eigenvalue weighted by molar-refractivity contribution is -0.274. The van der Waals surface area contributed by atoms with E-state index in [-0.39, 0.29) is 11.5 Å². The van der Waals surface area contributed by atoms with Crippen molar-refractivity contribution < 1.29 is 27.4 Å². The van der Waals surface area contributed by atoms with E-state index < -0.39 is 6.36 Å². The number of hydrogen-bond donors (Lipinski definition) is 0. The van der Waals surface area contributed by atoms with Gasteiger partial charge in [-0.15, -0.1) is 13.2 Å². The fourth-order valence-electron chi connectivity index (χ4n) is 1.81. The molecule has 0 radical (unpaired) electrons. The van der Waals surface area contributed by atoms with Gasteiger partial charge in [0, 0.05) is 6.42 Å². The third kappa shape index (κ3) is 5.12. The van der Waals surface area contributed by atoms with Crippen molar-refractivity contribution in [2.24, 2.45) is 0 Å². The van der Waals surface area contributed by atoms with E-state index in [0.29, 0.717) is 17.9 Å². The summed E-state index contributed by atoms with van der Waals surface area (Å²) in [5.74, 6) is 0.663. The number of alkyl halides is 3. The molecule has 0 heterocycles. The fraction of sp³-hybridized carbons (Fsp3) is 0.188. The van der Waals surface area contributed by atoms with Gasteiger partial charge in [-0.05, 0) is 48.9 Å². The SMILES string of the molecule is CC(=O)Cc1ccc(Oc2ccc(OC(F)(F)F)cc2)cc1. The normalized spacial score (nSPS) is 11.1. The molecule has 0 unspecified atom stereocenters. The van der Waals surface area contributed by atoms with Crippen LogP contribution < -0.4 is 9.47 Å². The molecular formula is C16H13F3O3. The zero-order valence-electron chi connectivity index (χ0n) is 11.7. The second-order valence-corrected chi connectivity index (χ2v) is 4.64. The minimum absolute atomic E-state index is 0.0638. The van der Waals surface area contributed by atoms with Gasteiger partial charge in [-0.1, -0.05) is 12.1 Å². The summed E-state index contributed by atoms with van der Waals surface area (Å²) in [6.07, 6.45) is -4.36. The molecule has 0 aliphatic rings. The van der Waals surface area contributed by atoms with Crippen molar-refractivity contribution in [2.75, 3.05) is 0 Å². The summed E-state index contributed by atoms with van der Waals surface area (Å²) < 4.78 is 45.4. The molecule has 0 spiro atoms. The Hall–Kier alpha value is -2.50. The summed E-state index contributed by atoms with van der Waals surface area (Å²) in [5, 5.41) is 0. The summed E-state index contributed by atoms with van der Waals surface area (Å²) in [7, 11) is 0. The fourth-order valence-corrected chi connectivity index (χ4v) is 1.81. The molecule has 0 bridgehead atoms. The minimum Gasteiger partial charge on any atom is -0.457 e. The lowest BCUT2D eigenvalue weighted by Gasteiger charge is -2.10. The molecule has 2 aromatic rings. The Balaban J connectivity index is 2.00. The van der Waals surface area contributed by atoms with E-state index >= 15 is 0 Å². The maximum atomic E-state index is 12.0. The van der Waals surface area contributed by atoms with Crippen LogP contribution in [0.5, 0.6) is 17.2 Å². The maximum absolute atomic E-state index is 12.0. The molecule has 0 amide bonds. The predicted molar refractivity (Wildman–Crippen MR) is 74.0 cm³/mol. The Labute approximate surface area is 125 Å². The molecule has 0 aromatic heterocycles. The summed E-state index contributed by atoms with van der Waals surface area (Å²) in [6.45, 7) is 1.51. The number of ketones is 1. The minimum atomic E-state index is -4.71. The van der Waals surface area contributed by atoms with Crippen molar-refractivity contribution in [1.29, 1.82) is 0 Å². The number of rotatable bonds is 5. The van der Waals surface area contributed by atoms with E-state index in [1.165, 1.54) is 31.2 Å². The topological polar surface area (TPSA) is 35.5 Å². The smallest absolute Gasteiger partial charge is 0.457 e. The van der Waals surface area contributed by atoms with Crippen LogP contribution in [-0.4, -0.2) is 12.1 Å². The molecular weight excluding hydrogens is 297 g/mol. The van der Waals surface area contributed by atoms with Crippen LogP contribution in [0, 0.1) is 0 Å². The quantitative estimate of drug-likeness (QED) is 0.815. The Morgan fingerprint density at radius 1 is 0.909 bits per heavy atom. The van der Waals surface area contributed by atoms with E-state index in [1.54, 1.807) is 24.3 Å². The predicted octanol–water partition coefficient (Wildman–Crippen LogP) is 4.51. The highest BCUT2D eigenvalue weighted by atomic mass is 19.4. The lowest BCUT2D eigenvalue weighted by atomic mass is 10.1. The summed E-state index contributed by atoms with van der Waals surface area (Å²) in [4.78, 5) is 11.0. The number of hydrogen-bond acceptors (Lipinski definition) is 3. The molecule has 116 valence electrons. The van der Waals surface area contributed by atoms with Gasteiger partial charge in [-0.25, -0.2) is 0 Å². The number of benzene rings is 2. The molecule has 2 rings (SSSR count). The van der Waals surface area contributed by atoms with E-state index in [9.17, 15) is 18.0 Å². The van der Waals surface area contributed by atoms with Crippen LogP contribution in [0.2, 0.25) is 0 Å². The van der Waals surface area contributed by atoms with Crippen molar-refractivity contribution in [1.82, 2.24) is 0 Å². The molecule has 0 saturated carbocycles. The van der Waals surface area contributed by atoms with Crippen LogP contribution in [0.15, 0.2) is 48.5 Å². The van der Waals surface area contributed by atoms with Crippen LogP contribution >= 0.6 is 0 Å². The first-order valence-corrected chi connectivity index (χ1v) is 6.44. The van der Waals surface area contributed by atoms with Crippen molar-refractivity contribution >= 4 is 5.78 Å². The van der Waals surface area contributed by atoms with Gasteiger partial charge in [0.05, 0.1) is 0 Å². The van der Waals surface area contributed by atoms with E-state index in [1.807, 2.05) is 0 Å². The molecule has 3 nitrogen and oxygen atoms in total. The van der Waals surface area contributed by atoms with Crippen LogP contribution in [0.4, 0.5) is 13.2 Å². The maximum Gasteiger partial charge on any atom is 0.573 e. The second kappa shape index (κ2) is 6.51. The zero-order chi connectivity index (χ0) is 16.2. The summed E-state index contributed by atoms with van der Waals surface area (Å²) >= 11 is 0. The standard InChI is InChI=1S/C16H13F3O3/c1-11(20)10-12-2-4-13(5-3-12)21-14-6-8-15(9-7-14)22-16(17,18)19/h2-9H,10H2,1H3. The van der Waals surface area contributed by atoms with Gasteiger partial charge < -0.3 is 9.47 Å². The van der Waals surface area contributed by atoms with Crippen molar-refractivity contribution in [3.8, 4) is 17.2 Å². The van der Waals surface area contributed by atoms with Crippen molar-refractivity contribution in [3.63, 3.8) is 0 Å². The van der Waals surface area contributed by atoms with Crippen LogP contribution in [-0.2, 0) is 11.2 Å². The highest BCUT2D eigenvalue weighted by Crippen LogP contribution is 2.27. The first-order chi connectivity index (χ1) is 10.3. The molecule has 0 saturated heterocycles. The summed E-state index contributed by atoms with van der Waals surface area (Å²) in [5.41, 5.74) is 0.869. The van der Waals surface area contributed by atoms with E-state index in [0.717, 1.165) is 5.56 Å². The average molecular weight is 310 g/mol. The monoisotopic (exact) mass is 310 g/mol. The molecule has 0 N–H and O–H groups in total. The van der Waals surface area contributed by atoms with E-state index in [4.69, 9.17) is 4.74 Å². The lowest BCUT2D eigenvalue weighted by Crippen LogP contribution is -2.16. The Bertz CT molecular complexity index is 631. The van der Waals surface area contributed by atoms with E-state index in [2.05, 4.69) is 4.74 Å². The van der Waals surface area contributed by atoms with Crippen LogP contribution in [0.25, 0.3) is 0 Å². The van der Waals surface area contributed by atoms with Crippen LogP contribution in [0.3, 0.4) is 0 Å². The molecule has 0 aliphatic heterocycles. The number of carbonyl (C=O) groups excluding carboxylic acids is 1. The Kier molecular flexibility index (Phi) is 4.70. The number of carbonyl (C=O) groups is 1. The van der Waals surface area contributed by atoms with Gasteiger partial charge in [0.2, 0.25) is 0 Å². The Morgan fingerprint density at radius 2 is 1.36 bits per heavy atom. The van der Waals surface area contributed by atoms with Crippen LogP contribution in [0.1, 0.15) is 12.5 Å². The summed E-state index contributed by atoms with van der Waals surface area (Å²) in [6, 6.07) is 12.0. The molecule has 22 heavy (non-hydrogen) atoms. The van der Waals surface area contributed by atoms with Crippen molar-refractivity contribution in [2.45, 2.75) is 19.7 Å². The Morgan fingerprint density at radius 3 is 1.82 bits per heavy atom. The molecule has 0 atom stereocenters. The van der Waals surface area contributed by atoms with Gasteiger partial charge >= 0.3 is 6.36 Å². The molecule has 0 aliphatic carbocycles. The third-order valence-electron chi connectivity index (χ3n) is 2.67.